The third-order valence-electron chi connectivity index (χ3n) is 2.43. The van der Waals surface area contributed by atoms with Gasteiger partial charge in [0.25, 0.3) is 0 Å². The molecule has 0 aliphatic rings. The average molecular weight is 192 g/mol. The molecular formula is C10H12N2O2. The van der Waals surface area contributed by atoms with Crippen molar-refractivity contribution in [3.8, 4) is 0 Å². The van der Waals surface area contributed by atoms with Crippen molar-refractivity contribution in [1.29, 1.82) is 0 Å². The first-order valence-electron chi connectivity index (χ1n) is 4.69. The zero-order chi connectivity index (χ0) is 10.1. The molecule has 0 fully saturated rings. The summed E-state index contributed by atoms with van der Waals surface area (Å²) < 4.78 is 6.57. The maximum Gasteiger partial charge on any atom is 0.310 e. The molecule has 0 unspecified atom stereocenters. The highest BCUT2D eigenvalue weighted by Gasteiger charge is 2.10. The van der Waals surface area contributed by atoms with Crippen molar-refractivity contribution in [2.45, 2.75) is 26.3 Å². The molecule has 0 aliphatic heterocycles. The van der Waals surface area contributed by atoms with Gasteiger partial charge < -0.3 is 4.42 Å². The molecule has 0 saturated carbocycles. The minimum atomic E-state index is -0.151. The van der Waals surface area contributed by atoms with E-state index in [2.05, 4.69) is 5.10 Å². The molecule has 0 aromatic carbocycles. The number of furan rings is 1. The molecule has 74 valence electrons. The fourth-order valence-electron chi connectivity index (χ4n) is 1.36. The lowest BCUT2D eigenvalue weighted by Gasteiger charge is -2.09. The predicted octanol–water partition coefficient (Wildman–Crippen LogP) is 1.96. The van der Waals surface area contributed by atoms with E-state index in [9.17, 15) is 4.79 Å². The van der Waals surface area contributed by atoms with Gasteiger partial charge in [-0.1, -0.05) is 6.92 Å². The Hall–Kier alpha value is -1.58. The Morgan fingerprint density at radius 2 is 2.43 bits per heavy atom. The molecule has 1 atom stereocenters. The van der Waals surface area contributed by atoms with Crippen molar-refractivity contribution in [2.24, 2.45) is 0 Å². The third kappa shape index (κ3) is 1.23. The molecule has 0 radical (unpaired) electrons. The van der Waals surface area contributed by atoms with Gasteiger partial charge in [0, 0.05) is 5.39 Å². The van der Waals surface area contributed by atoms with Crippen LogP contribution in [0.15, 0.2) is 27.7 Å². The van der Waals surface area contributed by atoms with Crippen molar-refractivity contribution in [1.82, 2.24) is 9.78 Å². The molecule has 0 N–H and O–H groups in total. The number of hydrogen-bond donors (Lipinski definition) is 0. The van der Waals surface area contributed by atoms with Crippen LogP contribution in [0.3, 0.4) is 0 Å². The van der Waals surface area contributed by atoms with Gasteiger partial charge in [-0.25, -0.2) is 4.68 Å². The lowest BCUT2D eigenvalue weighted by molar-refractivity contribution is 0.451. The summed E-state index contributed by atoms with van der Waals surface area (Å²) in [7, 11) is 0. The molecule has 0 saturated heterocycles. The van der Waals surface area contributed by atoms with E-state index in [-0.39, 0.29) is 11.6 Å². The van der Waals surface area contributed by atoms with E-state index >= 15 is 0 Å². The van der Waals surface area contributed by atoms with Crippen molar-refractivity contribution < 1.29 is 4.42 Å². The second-order valence-corrected chi connectivity index (χ2v) is 3.36. The van der Waals surface area contributed by atoms with Gasteiger partial charge >= 0.3 is 5.56 Å². The van der Waals surface area contributed by atoms with E-state index in [1.165, 1.54) is 10.9 Å². The Morgan fingerprint density at radius 1 is 1.64 bits per heavy atom. The van der Waals surface area contributed by atoms with E-state index in [0.717, 1.165) is 11.8 Å². The third-order valence-corrected chi connectivity index (χ3v) is 2.43. The zero-order valence-electron chi connectivity index (χ0n) is 8.23. The lowest BCUT2D eigenvalue weighted by Crippen LogP contribution is -2.24. The Labute approximate surface area is 81.1 Å². The van der Waals surface area contributed by atoms with E-state index in [0.29, 0.717) is 5.58 Å². The molecule has 2 heterocycles. The molecule has 0 aliphatic carbocycles. The Bertz CT molecular complexity index is 498. The molecule has 0 amide bonds. The highest BCUT2D eigenvalue weighted by Crippen LogP contribution is 2.11. The predicted molar refractivity (Wildman–Crippen MR) is 53.3 cm³/mol. The van der Waals surface area contributed by atoms with Crippen LogP contribution < -0.4 is 5.56 Å². The fraction of sp³-hybridized carbons (Fsp3) is 0.400. The number of hydrogen-bond acceptors (Lipinski definition) is 3. The lowest BCUT2D eigenvalue weighted by atomic mass is 10.2. The summed E-state index contributed by atoms with van der Waals surface area (Å²) >= 11 is 0. The van der Waals surface area contributed by atoms with Crippen molar-refractivity contribution in [3.63, 3.8) is 0 Å². The fourth-order valence-corrected chi connectivity index (χ4v) is 1.36. The largest absolute Gasteiger partial charge is 0.458 e. The summed E-state index contributed by atoms with van der Waals surface area (Å²) in [6.45, 7) is 3.98. The maximum atomic E-state index is 11.8. The summed E-state index contributed by atoms with van der Waals surface area (Å²) in [6, 6.07) is 1.85. The van der Waals surface area contributed by atoms with E-state index < -0.39 is 0 Å². The van der Waals surface area contributed by atoms with Crippen LogP contribution in [0.2, 0.25) is 0 Å². The van der Waals surface area contributed by atoms with Crippen LogP contribution in [-0.2, 0) is 0 Å². The number of nitrogens with zero attached hydrogens (tertiary/aromatic N) is 2. The summed E-state index contributed by atoms with van der Waals surface area (Å²) in [5.41, 5.74) is 0.238. The number of aromatic nitrogens is 2. The van der Waals surface area contributed by atoms with Crippen LogP contribution >= 0.6 is 0 Å². The number of rotatable bonds is 2. The molecule has 14 heavy (non-hydrogen) atoms. The highest BCUT2D eigenvalue weighted by atomic mass is 16.3. The first kappa shape index (κ1) is 8.99. The summed E-state index contributed by atoms with van der Waals surface area (Å²) in [5.74, 6) is 0. The van der Waals surface area contributed by atoms with Gasteiger partial charge in [-0.15, -0.1) is 0 Å². The van der Waals surface area contributed by atoms with Gasteiger partial charge in [0.1, 0.15) is 0 Å². The average Bonchev–Trinajstić information content (AvgIpc) is 2.66. The second kappa shape index (κ2) is 3.29. The monoisotopic (exact) mass is 192 g/mol. The topological polar surface area (TPSA) is 48.0 Å². The Morgan fingerprint density at radius 3 is 3.14 bits per heavy atom. The van der Waals surface area contributed by atoms with Crippen LogP contribution in [0.1, 0.15) is 26.3 Å². The van der Waals surface area contributed by atoms with Crippen LogP contribution in [-0.4, -0.2) is 9.78 Å². The molecule has 2 aromatic heterocycles. The SMILES string of the molecule is CC[C@@H](C)n1ncc2ccoc2c1=O. The van der Waals surface area contributed by atoms with Gasteiger partial charge in [-0.05, 0) is 19.4 Å². The van der Waals surface area contributed by atoms with Gasteiger partial charge in [-0.2, -0.15) is 5.10 Å². The second-order valence-electron chi connectivity index (χ2n) is 3.36. The molecular weight excluding hydrogens is 180 g/mol. The minimum absolute atomic E-state index is 0.108. The van der Waals surface area contributed by atoms with Gasteiger partial charge in [0.05, 0.1) is 18.5 Å². The number of fused-ring (bicyclic) bond motifs is 1. The normalized spacial score (nSPS) is 13.3. The summed E-state index contributed by atoms with van der Waals surface area (Å²) in [6.07, 6.45) is 4.04. The molecule has 0 spiro atoms. The first-order chi connectivity index (χ1) is 6.74. The van der Waals surface area contributed by atoms with Gasteiger partial charge in [0.15, 0.2) is 0 Å². The van der Waals surface area contributed by atoms with Crippen LogP contribution in [0.4, 0.5) is 0 Å². The molecule has 4 heteroatoms. The molecule has 4 nitrogen and oxygen atoms in total. The quantitative estimate of drug-likeness (QED) is 0.730. The van der Waals surface area contributed by atoms with E-state index in [1.54, 1.807) is 12.3 Å². The van der Waals surface area contributed by atoms with Crippen molar-refractivity contribution >= 4 is 11.0 Å². The standard InChI is InChI=1S/C10H12N2O2/c1-3-7(2)12-10(13)9-8(6-11-12)4-5-14-9/h4-7H,3H2,1-2H3/t7-/m1/s1. The molecule has 2 aromatic rings. The van der Waals surface area contributed by atoms with Gasteiger partial charge in [-0.3, -0.25) is 4.79 Å². The van der Waals surface area contributed by atoms with Crippen LogP contribution in [0.5, 0.6) is 0 Å². The minimum Gasteiger partial charge on any atom is -0.458 e. The first-order valence-corrected chi connectivity index (χ1v) is 4.69. The summed E-state index contributed by atoms with van der Waals surface area (Å²) in [5, 5.41) is 4.85. The van der Waals surface area contributed by atoms with E-state index in [4.69, 9.17) is 4.42 Å². The zero-order valence-corrected chi connectivity index (χ0v) is 8.23. The van der Waals surface area contributed by atoms with Crippen LogP contribution in [0, 0.1) is 0 Å². The van der Waals surface area contributed by atoms with Crippen molar-refractivity contribution in [3.05, 3.63) is 28.9 Å². The Kier molecular flexibility index (Phi) is 2.11. The Balaban J connectivity index is 2.68. The molecule has 2 rings (SSSR count). The highest BCUT2D eigenvalue weighted by molar-refractivity contribution is 5.74. The van der Waals surface area contributed by atoms with Crippen molar-refractivity contribution in [2.75, 3.05) is 0 Å². The summed E-state index contributed by atoms with van der Waals surface area (Å²) in [4.78, 5) is 11.8. The van der Waals surface area contributed by atoms with E-state index in [1.807, 2.05) is 13.8 Å². The van der Waals surface area contributed by atoms with Gasteiger partial charge in [0.2, 0.25) is 5.58 Å². The maximum absolute atomic E-state index is 11.8. The smallest absolute Gasteiger partial charge is 0.310 e. The molecule has 0 bridgehead atoms. The van der Waals surface area contributed by atoms with Crippen LogP contribution in [0.25, 0.3) is 11.0 Å².